The van der Waals surface area contributed by atoms with Crippen molar-refractivity contribution in [1.29, 1.82) is 0 Å². The quantitative estimate of drug-likeness (QED) is 0.611. The van der Waals surface area contributed by atoms with E-state index in [2.05, 4.69) is 26.5 Å². The van der Waals surface area contributed by atoms with Gasteiger partial charge in [0.15, 0.2) is 5.82 Å². The Labute approximate surface area is 166 Å². The number of hydrogen-bond acceptors (Lipinski definition) is 6. The molecule has 1 aliphatic rings. The molecule has 1 unspecified atom stereocenters. The third-order valence-corrected chi connectivity index (χ3v) is 4.81. The Balaban J connectivity index is 1.77. The first kappa shape index (κ1) is 20.1. The summed E-state index contributed by atoms with van der Waals surface area (Å²) in [5, 5.41) is 16.2. The maximum absolute atomic E-state index is 9.81. The van der Waals surface area contributed by atoms with Crippen LogP contribution in [0, 0.1) is 12.3 Å². The summed E-state index contributed by atoms with van der Waals surface area (Å²) in [5.74, 6) is 4.61. The van der Waals surface area contributed by atoms with Gasteiger partial charge in [-0.3, -0.25) is 0 Å². The lowest BCUT2D eigenvalue weighted by molar-refractivity contribution is 0.108. The van der Waals surface area contributed by atoms with E-state index in [4.69, 9.17) is 11.2 Å². The fourth-order valence-electron chi connectivity index (χ4n) is 3.39. The van der Waals surface area contributed by atoms with Gasteiger partial charge in [0.05, 0.1) is 0 Å². The topological polar surface area (TPSA) is 79.3 Å². The van der Waals surface area contributed by atoms with E-state index in [0.717, 1.165) is 24.2 Å². The molecule has 6 heteroatoms. The molecule has 0 bridgehead atoms. The Morgan fingerprint density at radius 3 is 2.82 bits per heavy atom. The minimum Gasteiger partial charge on any atom is -0.491 e. The summed E-state index contributed by atoms with van der Waals surface area (Å²) in [5.41, 5.74) is 1.38. The molecule has 28 heavy (non-hydrogen) atoms. The molecular formula is C22H28N4O2. The van der Waals surface area contributed by atoms with E-state index in [0.29, 0.717) is 29.9 Å². The predicted octanol–water partition coefficient (Wildman–Crippen LogP) is 2.83. The number of aromatic nitrogens is 2. The highest BCUT2D eigenvalue weighted by molar-refractivity contribution is 5.60. The number of terminal acetylenes is 1. The van der Waals surface area contributed by atoms with Crippen LogP contribution in [0.25, 0.3) is 11.4 Å². The highest BCUT2D eigenvalue weighted by Gasteiger charge is 2.15. The summed E-state index contributed by atoms with van der Waals surface area (Å²) >= 11 is 0. The van der Waals surface area contributed by atoms with Crippen molar-refractivity contribution in [3.8, 4) is 29.5 Å². The van der Waals surface area contributed by atoms with E-state index in [1.54, 1.807) is 7.05 Å². The van der Waals surface area contributed by atoms with Crippen molar-refractivity contribution in [2.24, 2.45) is 0 Å². The van der Waals surface area contributed by atoms with Gasteiger partial charge in [-0.15, -0.1) is 6.42 Å². The van der Waals surface area contributed by atoms with Gasteiger partial charge >= 0.3 is 0 Å². The van der Waals surface area contributed by atoms with Crippen molar-refractivity contribution in [2.75, 3.05) is 25.5 Å². The normalized spacial score (nSPS) is 15.6. The van der Waals surface area contributed by atoms with E-state index in [1.165, 1.54) is 19.3 Å². The van der Waals surface area contributed by atoms with Crippen LogP contribution in [0.1, 0.15) is 37.8 Å². The number of nitrogens with zero attached hydrogens (tertiary/aromatic N) is 2. The zero-order valence-corrected chi connectivity index (χ0v) is 16.3. The Morgan fingerprint density at radius 1 is 1.25 bits per heavy atom. The standard InChI is InChI=1S/C22H28N4O2/c1-3-17-13-21(24-18-9-5-4-6-10-18)26-22(25-17)16-8-7-11-20(12-16)28-15-19(27)14-23-2/h1,7-8,11-13,18-19,23,27H,4-6,9-10,14-15H2,2H3,(H,24,25,26). The molecule has 0 aliphatic heterocycles. The molecule has 1 atom stereocenters. The number of aliphatic hydroxyl groups is 1. The highest BCUT2D eigenvalue weighted by atomic mass is 16.5. The lowest BCUT2D eigenvalue weighted by Crippen LogP contribution is -2.29. The van der Waals surface area contributed by atoms with E-state index in [9.17, 15) is 5.11 Å². The van der Waals surface area contributed by atoms with Crippen LogP contribution in [-0.2, 0) is 0 Å². The smallest absolute Gasteiger partial charge is 0.163 e. The van der Waals surface area contributed by atoms with Crippen LogP contribution in [0.2, 0.25) is 0 Å². The van der Waals surface area contributed by atoms with Gasteiger partial charge in [-0.25, -0.2) is 9.97 Å². The SMILES string of the molecule is C#Cc1cc(NC2CCCCC2)nc(-c2cccc(OCC(O)CNC)c2)n1. The summed E-state index contributed by atoms with van der Waals surface area (Å²) in [7, 11) is 1.79. The van der Waals surface area contributed by atoms with Crippen LogP contribution in [0.3, 0.4) is 0 Å². The van der Waals surface area contributed by atoms with Crippen LogP contribution >= 0.6 is 0 Å². The van der Waals surface area contributed by atoms with Crippen LogP contribution < -0.4 is 15.4 Å². The molecule has 1 fully saturated rings. The molecule has 0 saturated heterocycles. The molecule has 1 heterocycles. The van der Waals surface area contributed by atoms with Crippen molar-refractivity contribution in [2.45, 2.75) is 44.2 Å². The molecule has 3 rings (SSSR count). The van der Waals surface area contributed by atoms with Gasteiger partial charge in [0.2, 0.25) is 0 Å². The highest BCUT2D eigenvalue weighted by Crippen LogP contribution is 2.25. The number of aliphatic hydroxyl groups excluding tert-OH is 1. The monoisotopic (exact) mass is 380 g/mol. The maximum atomic E-state index is 9.81. The van der Waals surface area contributed by atoms with Crippen LogP contribution in [-0.4, -0.2) is 47.4 Å². The summed E-state index contributed by atoms with van der Waals surface area (Å²) < 4.78 is 5.69. The third-order valence-electron chi connectivity index (χ3n) is 4.81. The Morgan fingerprint density at radius 2 is 2.07 bits per heavy atom. The van der Waals surface area contributed by atoms with Crippen molar-refractivity contribution in [1.82, 2.24) is 15.3 Å². The molecule has 1 saturated carbocycles. The van der Waals surface area contributed by atoms with Crippen LogP contribution in [0.15, 0.2) is 30.3 Å². The number of likely N-dealkylation sites (N-methyl/N-ethyl adjacent to an activating group) is 1. The fraction of sp³-hybridized carbons (Fsp3) is 0.455. The average Bonchev–Trinajstić information content (AvgIpc) is 2.73. The predicted molar refractivity (Wildman–Crippen MR) is 111 cm³/mol. The van der Waals surface area contributed by atoms with Gasteiger partial charge in [0.1, 0.15) is 30.0 Å². The van der Waals surface area contributed by atoms with Gasteiger partial charge in [-0.2, -0.15) is 0 Å². The first-order chi connectivity index (χ1) is 13.7. The summed E-state index contributed by atoms with van der Waals surface area (Å²) in [6.45, 7) is 0.688. The van der Waals surface area contributed by atoms with E-state index >= 15 is 0 Å². The number of nitrogens with one attached hydrogen (secondary N) is 2. The van der Waals surface area contributed by atoms with E-state index in [-0.39, 0.29) is 6.61 Å². The van der Waals surface area contributed by atoms with Crippen molar-refractivity contribution in [3.63, 3.8) is 0 Å². The van der Waals surface area contributed by atoms with Gasteiger partial charge < -0.3 is 20.5 Å². The van der Waals surface area contributed by atoms with Gasteiger partial charge in [-0.1, -0.05) is 37.3 Å². The minimum absolute atomic E-state index is 0.212. The average molecular weight is 380 g/mol. The van der Waals surface area contributed by atoms with Crippen molar-refractivity contribution in [3.05, 3.63) is 36.0 Å². The zero-order chi connectivity index (χ0) is 19.8. The molecule has 0 spiro atoms. The summed E-state index contributed by atoms with van der Waals surface area (Å²) in [6, 6.07) is 9.79. The Kier molecular flexibility index (Phi) is 7.24. The molecule has 1 aromatic heterocycles. The van der Waals surface area contributed by atoms with E-state index < -0.39 is 6.10 Å². The second-order valence-corrected chi connectivity index (χ2v) is 7.14. The lowest BCUT2D eigenvalue weighted by atomic mass is 9.95. The second-order valence-electron chi connectivity index (χ2n) is 7.14. The fourth-order valence-corrected chi connectivity index (χ4v) is 3.39. The van der Waals surface area contributed by atoms with Crippen molar-refractivity contribution < 1.29 is 9.84 Å². The van der Waals surface area contributed by atoms with Crippen LogP contribution in [0.5, 0.6) is 5.75 Å². The largest absolute Gasteiger partial charge is 0.491 e. The molecule has 148 valence electrons. The molecule has 0 radical (unpaired) electrons. The molecule has 6 nitrogen and oxygen atoms in total. The van der Waals surface area contributed by atoms with E-state index in [1.807, 2.05) is 30.3 Å². The molecule has 1 aromatic carbocycles. The zero-order valence-electron chi connectivity index (χ0n) is 16.3. The number of ether oxygens (including phenoxy) is 1. The molecule has 3 N–H and O–H groups in total. The summed E-state index contributed by atoms with van der Waals surface area (Å²) in [6.07, 6.45) is 11.2. The van der Waals surface area contributed by atoms with Gasteiger partial charge in [0.25, 0.3) is 0 Å². The number of anilines is 1. The van der Waals surface area contributed by atoms with Gasteiger partial charge in [-0.05, 0) is 32.0 Å². The number of benzene rings is 1. The third kappa shape index (κ3) is 5.69. The second kappa shape index (κ2) is 10.1. The number of hydrogen-bond donors (Lipinski definition) is 3. The van der Waals surface area contributed by atoms with Crippen molar-refractivity contribution >= 4 is 5.82 Å². The summed E-state index contributed by atoms with van der Waals surface area (Å²) in [4.78, 5) is 9.16. The van der Waals surface area contributed by atoms with Crippen LogP contribution in [0.4, 0.5) is 5.82 Å². The number of rotatable bonds is 8. The Bertz CT molecular complexity index is 812. The molecular weight excluding hydrogens is 352 g/mol. The molecule has 0 amide bonds. The Hall–Kier alpha value is -2.62. The first-order valence-electron chi connectivity index (χ1n) is 9.86. The van der Waals surface area contributed by atoms with Gasteiger partial charge in [0, 0.05) is 24.2 Å². The lowest BCUT2D eigenvalue weighted by Gasteiger charge is -2.23. The minimum atomic E-state index is -0.569. The molecule has 2 aromatic rings. The molecule has 1 aliphatic carbocycles. The maximum Gasteiger partial charge on any atom is 0.163 e. The first-order valence-corrected chi connectivity index (χ1v) is 9.86.